The number of hydrogen-bond donors (Lipinski definition) is 1. The van der Waals surface area contributed by atoms with Crippen molar-refractivity contribution in [2.75, 3.05) is 13.7 Å². The van der Waals surface area contributed by atoms with Crippen LogP contribution in [-0.2, 0) is 15.1 Å². The molecule has 1 fully saturated rings. The van der Waals surface area contributed by atoms with E-state index < -0.39 is 11.4 Å². The Kier molecular flexibility index (Phi) is 5.18. The van der Waals surface area contributed by atoms with Gasteiger partial charge in [0.15, 0.2) is 11.5 Å². The summed E-state index contributed by atoms with van der Waals surface area (Å²) < 4.78 is 26.1. The molecule has 1 saturated heterocycles. The van der Waals surface area contributed by atoms with Crippen LogP contribution >= 0.6 is 11.6 Å². The zero-order valence-electron chi connectivity index (χ0n) is 18.9. The first-order valence-corrected chi connectivity index (χ1v) is 11.5. The number of hydrogen-bond acceptors (Lipinski definition) is 5. The third kappa shape index (κ3) is 3.67. The number of guanidine groups is 1. The largest absolute Gasteiger partial charge is 0.490 e. The lowest BCUT2D eigenvalue weighted by Crippen LogP contribution is -2.49. The van der Waals surface area contributed by atoms with E-state index in [9.17, 15) is 9.18 Å². The van der Waals surface area contributed by atoms with Crippen LogP contribution in [0.25, 0.3) is 11.1 Å². The number of fused-ring (bicyclic) bond motifs is 2. The van der Waals surface area contributed by atoms with Crippen molar-refractivity contribution in [2.45, 2.75) is 50.4 Å². The molecule has 2 aromatic rings. The van der Waals surface area contributed by atoms with Crippen LogP contribution in [0.4, 0.5) is 4.39 Å². The van der Waals surface area contributed by atoms with E-state index in [0.29, 0.717) is 24.3 Å². The van der Waals surface area contributed by atoms with Crippen molar-refractivity contribution < 1.29 is 18.7 Å². The summed E-state index contributed by atoms with van der Waals surface area (Å²) in [5, 5.41) is 0.0392. The van der Waals surface area contributed by atoms with Crippen LogP contribution in [0.5, 0.6) is 5.75 Å². The summed E-state index contributed by atoms with van der Waals surface area (Å²) >= 11 is 6.01. The Labute approximate surface area is 197 Å². The van der Waals surface area contributed by atoms with Gasteiger partial charge in [0.25, 0.3) is 5.91 Å². The second-order valence-corrected chi connectivity index (χ2v) is 10.2. The molecule has 3 aliphatic rings. The average molecular weight is 472 g/mol. The standard InChI is InChI=1S/C25H27ClFN3O3/c1-24(2)12-16(8-9-32-24)21-13-25(22(31)30(3)23(28)29-25)17-10-14(5-7-20(17)33-21)15-4-6-19(27)18(26)11-15/h4-7,10-11,16,21H,8-9,12-13H2,1-3H3,(H2,28,29)/t16?,21-,25-/m0/s1. The van der Waals surface area contributed by atoms with Crippen LogP contribution in [0.2, 0.25) is 5.02 Å². The normalized spacial score (nSPS) is 28.5. The maximum atomic E-state index is 13.7. The minimum Gasteiger partial charge on any atom is -0.490 e. The number of benzene rings is 2. The minimum absolute atomic E-state index is 0.0392. The van der Waals surface area contributed by atoms with E-state index in [1.165, 1.54) is 11.0 Å². The first-order valence-electron chi connectivity index (χ1n) is 11.1. The molecule has 6 nitrogen and oxygen atoms in total. The fraction of sp³-hybridized carbons (Fsp3) is 0.440. The van der Waals surface area contributed by atoms with Crippen LogP contribution in [0.1, 0.15) is 38.7 Å². The Morgan fingerprint density at radius 3 is 2.58 bits per heavy atom. The van der Waals surface area contributed by atoms with Crippen LogP contribution in [-0.4, -0.2) is 42.1 Å². The van der Waals surface area contributed by atoms with Gasteiger partial charge in [0.1, 0.15) is 17.7 Å². The molecule has 33 heavy (non-hydrogen) atoms. The number of aliphatic imine (C=N–C) groups is 1. The number of nitrogens with zero attached hydrogens (tertiary/aromatic N) is 2. The lowest BCUT2D eigenvalue weighted by Gasteiger charge is -2.44. The summed E-state index contributed by atoms with van der Waals surface area (Å²) in [5.41, 5.74) is 6.92. The summed E-state index contributed by atoms with van der Waals surface area (Å²) in [7, 11) is 1.64. The molecule has 0 aromatic heterocycles. The van der Waals surface area contributed by atoms with Crippen molar-refractivity contribution in [3.05, 3.63) is 52.8 Å². The molecule has 1 unspecified atom stereocenters. The molecule has 0 aliphatic carbocycles. The number of amides is 1. The van der Waals surface area contributed by atoms with Gasteiger partial charge in [0, 0.05) is 31.6 Å². The molecule has 3 heterocycles. The fourth-order valence-corrected chi connectivity index (χ4v) is 5.47. The second-order valence-electron chi connectivity index (χ2n) is 9.76. The van der Waals surface area contributed by atoms with E-state index in [4.69, 9.17) is 31.8 Å². The Balaban J connectivity index is 1.60. The van der Waals surface area contributed by atoms with Crippen molar-refractivity contribution in [1.29, 1.82) is 0 Å². The SMILES string of the molecule is CN1C(=O)[C@@]2(C[C@@H](C3CCOC(C)(C)C3)Oc3ccc(-c4ccc(F)c(Cl)c4)cc32)N=C1N. The van der Waals surface area contributed by atoms with Crippen LogP contribution in [0.15, 0.2) is 41.4 Å². The molecular formula is C25H27ClFN3O3. The van der Waals surface area contributed by atoms with Gasteiger partial charge in [-0.1, -0.05) is 23.7 Å². The number of nitrogens with two attached hydrogens (primary N) is 1. The van der Waals surface area contributed by atoms with Gasteiger partial charge in [-0.3, -0.25) is 9.69 Å². The summed E-state index contributed by atoms with van der Waals surface area (Å²) in [6.45, 7) is 4.81. The third-order valence-corrected chi connectivity index (χ3v) is 7.31. The maximum Gasteiger partial charge on any atom is 0.261 e. The van der Waals surface area contributed by atoms with Crippen molar-refractivity contribution in [1.82, 2.24) is 4.90 Å². The summed E-state index contributed by atoms with van der Waals surface area (Å²) in [6, 6.07) is 10.2. The number of rotatable bonds is 2. The molecule has 1 amide bonds. The Morgan fingerprint density at radius 1 is 1.18 bits per heavy atom. The molecule has 0 bridgehead atoms. The number of ether oxygens (including phenoxy) is 2. The lowest BCUT2D eigenvalue weighted by molar-refractivity contribution is -0.134. The topological polar surface area (TPSA) is 77.2 Å². The van der Waals surface area contributed by atoms with Crippen molar-refractivity contribution in [3.8, 4) is 16.9 Å². The molecule has 5 rings (SSSR count). The van der Waals surface area contributed by atoms with Crippen LogP contribution in [0, 0.1) is 11.7 Å². The fourth-order valence-electron chi connectivity index (χ4n) is 5.28. The lowest BCUT2D eigenvalue weighted by atomic mass is 9.74. The molecule has 2 N–H and O–H groups in total. The van der Waals surface area contributed by atoms with Crippen LogP contribution in [0.3, 0.4) is 0 Å². The van der Waals surface area contributed by atoms with Gasteiger partial charge in [-0.15, -0.1) is 0 Å². The van der Waals surface area contributed by atoms with Gasteiger partial charge in [-0.05, 0) is 62.1 Å². The monoisotopic (exact) mass is 471 g/mol. The second kappa shape index (κ2) is 7.71. The smallest absolute Gasteiger partial charge is 0.261 e. The average Bonchev–Trinajstić information content (AvgIpc) is 2.98. The maximum absolute atomic E-state index is 13.7. The highest BCUT2D eigenvalue weighted by atomic mass is 35.5. The van der Waals surface area contributed by atoms with Gasteiger partial charge in [-0.2, -0.15) is 0 Å². The van der Waals surface area contributed by atoms with E-state index in [2.05, 4.69) is 13.8 Å². The highest BCUT2D eigenvalue weighted by molar-refractivity contribution is 6.31. The first kappa shape index (κ1) is 22.2. The number of carbonyl (C=O) groups excluding carboxylic acids is 1. The third-order valence-electron chi connectivity index (χ3n) is 7.02. The van der Waals surface area contributed by atoms with Crippen molar-refractivity contribution in [3.63, 3.8) is 0 Å². The molecule has 3 aliphatic heterocycles. The zero-order chi connectivity index (χ0) is 23.5. The van der Waals surface area contributed by atoms with Crippen LogP contribution < -0.4 is 10.5 Å². The predicted octanol–water partition coefficient (Wildman–Crippen LogP) is 4.48. The van der Waals surface area contributed by atoms with Gasteiger partial charge in [0.05, 0.1) is 10.6 Å². The van der Waals surface area contributed by atoms with Crippen molar-refractivity contribution in [2.24, 2.45) is 16.6 Å². The van der Waals surface area contributed by atoms with Crippen molar-refractivity contribution >= 4 is 23.5 Å². The predicted molar refractivity (Wildman–Crippen MR) is 125 cm³/mol. The Bertz CT molecular complexity index is 1170. The van der Waals surface area contributed by atoms with E-state index in [-0.39, 0.29) is 34.5 Å². The Morgan fingerprint density at radius 2 is 1.91 bits per heavy atom. The highest BCUT2D eigenvalue weighted by Gasteiger charge is 2.55. The molecule has 2 aromatic carbocycles. The number of halogens is 2. The summed E-state index contributed by atoms with van der Waals surface area (Å²) in [6.07, 6.45) is 1.89. The number of likely N-dealkylation sites (N-methyl/N-ethyl adjacent to an activating group) is 1. The highest BCUT2D eigenvalue weighted by Crippen LogP contribution is 2.49. The number of carbonyl (C=O) groups is 1. The van der Waals surface area contributed by atoms with Gasteiger partial charge < -0.3 is 15.2 Å². The summed E-state index contributed by atoms with van der Waals surface area (Å²) in [5.74, 6) is 0.381. The molecular weight excluding hydrogens is 445 g/mol. The molecule has 0 saturated carbocycles. The van der Waals surface area contributed by atoms with Gasteiger partial charge in [0.2, 0.25) is 0 Å². The van der Waals surface area contributed by atoms with Gasteiger partial charge in [-0.25, -0.2) is 9.38 Å². The van der Waals surface area contributed by atoms with E-state index in [0.717, 1.165) is 24.0 Å². The zero-order valence-corrected chi connectivity index (χ0v) is 19.7. The molecule has 1 spiro atoms. The quantitative estimate of drug-likeness (QED) is 0.700. The van der Waals surface area contributed by atoms with E-state index >= 15 is 0 Å². The van der Waals surface area contributed by atoms with E-state index in [1.807, 2.05) is 18.2 Å². The Hall–Kier alpha value is -2.64. The van der Waals surface area contributed by atoms with E-state index in [1.54, 1.807) is 19.2 Å². The van der Waals surface area contributed by atoms with Gasteiger partial charge >= 0.3 is 0 Å². The molecule has 0 radical (unpaired) electrons. The molecule has 8 heteroatoms. The molecule has 3 atom stereocenters. The molecule has 174 valence electrons. The first-order chi connectivity index (χ1) is 15.6. The minimum atomic E-state index is -1.15. The summed E-state index contributed by atoms with van der Waals surface area (Å²) in [4.78, 5) is 19.6.